The number of benzene rings is 1. The molecule has 2 heterocycles. The molecule has 0 atom stereocenters. The Morgan fingerprint density at radius 3 is 2.61 bits per heavy atom. The molecular formula is C17H22N6. The van der Waals surface area contributed by atoms with Crippen molar-refractivity contribution in [2.24, 2.45) is 0 Å². The molecule has 2 aromatic heterocycles. The van der Waals surface area contributed by atoms with E-state index in [1.54, 1.807) is 6.33 Å². The van der Waals surface area contributed by atoms with E-state index >= 15 is 0 Å². The third kappa shape index (κ3) is 3.32. The van der Waals surface area contributed by atoms with Crippen LogP contribution in [0.3, 0.4) is 0 Å². The molecule has 0 aliphatic rings. The van der Waals surface area contributed by atoms with Crippen molar-refractivity contribution in [3.05, 3.63) is 42.9 Å². The van der Waals surface area contributed by atoms with Gasteiger partial charge in [0.1, 0.15) is 12.1 Å². The number of hydrogen-bond acceptors (Lipinski definition) is 5. The first-order valence-electron chi connectivity index (χ1n) is 8.03. The molecule has 0 spiro atoms. The summed E-state index contributed by atoms with van der Waals surface area (Å²) in [6, 6.07) is 10.0. The highest BCUT2D eigenvalue weighted by molar-refractivity contribution is 5.87. The summed E-state index contributed by atoms with van der Waals surface area (Å²) in [5, 5.41) is 8.81. The summed E-state index contributed by atoms with van der Waals surface area (Å²) in [5.41, 5.74) is 1.81. The van der Waals surface area contributed by atoms with Gasteiger partial charge in [0.15, 0.2) is 5.65 Å². The fourth-order valence-corrected chi connectivity index (χ4v) is 2.62. The quantitative estimate of drug-likeness (QED) is 0.727. The van der Waals surface area contributed by atoms with Crippen molar-refractivity contribution < 1.29 is 0 Å². The van der Waals surface area contributed by atoms with Crippen LogP contribution in [0.15, 0.2) is 42.9 Å². The minimum absolute atomic E-state index is 0.816. The molecule has 0 fully saturated rings. The highest BCUT2D eigenvalue weighted by atomic mass is 15.3. The van der Waals surface area contributed by atoms with Gasteiger partial charge in [0, 0.05) is 13.1 Å². The molecule has 6 heteroatoms. The van der Waals surface area contributed by atoms with Gasteiger partial charge < -0.3 is 10.2 Å². The predicted octanol–water partition coefficient (Wildman–Crippen LogP) is 2.57. The number of nitrogens with one attached hydrogen (secondary N) is 1. The molecule has 0 aliphatic carbocycles. The van der Waals surface area contributed by atoms with Crippen molar-refractivity contribution in [3.63, 3.8) is 0 Å². The van der Waals surface area contributed by atoms with Crippen molar-refractivity contribution in [1.29, 1.82) is 0 Å². The summed E-state index contributed by atoms with van der Waals surface area (Å²) >= 11 is 0. The molecule has 0 unspecified atom stereocenters. The van der Waals surface area contributed by atoms with Crippen LogP contribution in [0.2, 0.25) is 0 Å². The SMILES string of the molecule is CCN(CC)CCNc1ncnc2c1cnn2-c1ccccc1. The Labute approximate surface area is 136 Å². The van der Waals surface area contributed by atoms with Crippen molar-refractivity contribution in [1.82, 2.24) is 24.6 Å². The molecule has 120 valence electrons. The minimum Gasteiger partial charge on any atom is -0.368 e. The lowest BCUT2D eigenvalue weighted by molar-refractivity contribution is 0.316. The summed E-state index contributed by atoms with van der Waals surface area (Å²) in [4.78, 5) is 11.1. The standard InChI is InChI=1S/C17H22N6/c1-3-22(4-2)11-10-18-16-15-12-21-23(17(15)20-13-19-16)14-8-6-5-7-9-14/h5-9,12-13H,3-4,10-11H2,1-2H3,(H,18,19,20). The second-order valence-corrected chi connectivity index (χ2v) is 5.31. The number of rotatable bonds is 7. The molecule has 0 bridgehead atoms. The van der Waals surface area contributed by atoms with Crippen molar-refractivity contribution in [3.8, 4) is 5.69 Å². The average Bonchev–Trinajstić information content (AvgIpc) is 3.04. The number of nitrogens with zero attached hydrogens (tertiary/aromatic N) is 5. The topological polar surface area (TPSA) is 58.9 Å². The number of para-hydroxylation sites is 1. The van der Waals surface area contributed by atoms with E-state index in [9.17, 15) is 0 Å². The summed E-state index contributed by atoms with van der Waals surface area (Å²) in [6.07, 6.45) is 3.41. The number of hydrogen-bond donors (Lipinski definition) is 1. The molecule has 0 amide bonds. The molecule has 23 heavy (non-hydrogen) atoms. The van der Waals surface area contributed by atoms with Crippen molar-refractivity contribution in [2.75, 3.05) is 31.5 Å². The molecular weight excluding hydrogens is 288 g/mol. The van der Waals surface area contributed by atoms with Crippen LogP contribution in [-0.4, -0.2) is 50.8 Å². The first kappa shape index (κ1) is 15.4. The van der Waals surface area contributed by atoms with Crippen LogP contribution in [0, 0.1) is 0 Å². The maximum Gasteiger partial charge on any atom is 0.168 e. The Bertz CT molecular complexity index is 748. The predicted molar refractivity (Wildman–Crippen MR) is 92.9 cm³/mol. The van der Waals surface area contributed by atoms with Gasteiger partial charge in [-0.15, -0.1) is 0 Å². The van der Waals surface area contributed by atoms with Gasteiger partial charge in [-0.1, -0.05) is 32.0 Å². The Hall–Kier alpha value is -2.47. The summed E-state index contributed by atoms with van der Waals surface area (Å²) in [5.74, 6) is 0.837. The smallest absolute Gasteiger partial charge is 0.168 e. The zero-order valence-corrected chi connectivity index (χ0v) is 13.6. The lowest BCUT2D eigenvalue weighted by atomic mass is 10.3. The van der Waals surface area contributed by atoms with Crippen LogP contribution in [-0.2, 0) is 0 Å². The lowest BCUT2D eigenvalue weighted by Gasteiger charge is -2.18. The van der Waals surface area contributed by atoms with E-state index in [0.717, 1.165) is 48.7 Å². The molecule has 3 aromatic rings. The lowest BCUT2D eigenvalue weighted by Crippen LogP contribution is -2.28. The molecule has 3 rings (SSSR count). The van der Waals surface area contributed by atoms with Gasteiger partial charge in [0.25, 0.3) is 0 Å². The second kappa shape index (κ2) is 7.19. The molecule has 0 saturated heterocycles. The highest BCUT2D eigenvalue weighted by Gasteiger charge is 2.10. The maximum absolute atomic E-state index is 4.47. The van der Waals surface area contributed by atoms with E-state index in [-0.39, 0.29) is 0 Å². The summed E-state index contributed by atoms with van der Waals surface area (Å²) < 4.78 is 1.84. The summed E-state index contributed by atoms with van der Waals surface area (Å²) in [6.45, 7) is 8.31. The van der Waals surface area contributed by atoms with Crippen molar-refractivity contribution in [2.45, 2.75) is 13.8 Å². The Kier molecular flexibility index (Phi) is 4.83. The van der Waals surface area contributed by atoms with Gasteiger partial charge in [-0.3, -0.25) is 0 Å². The minimum atomic E-state index is 0.816. The molecule has 1 N–H and O–H groups in total. The van der Waals surface area contributed by atoms with Gasteiger partial charge in [-0.05, 0) is 25.2 Å². The maximum atomic E-state index is 4.47. The Morgan fingerprint density at radius 1 is 1.09 bits per heavy atom. The Balaban J connectivity index is 1.82. The average molecular weight is 310 g/mol. The fraction of sp³-hybridized carbons (Fsp3) is 0.353. The molecule has 0 aliphatic heterocycles. The van der Waals surface area contributed by atoms with E-state index in [1.807, 2.05) is 41.2 Å². The van der Waals surface area contributed by atoms with Gasteiger partial charge in [0.2, 0.25) is 0 Å². The Morgan fingerprint density at radius 2 is 1.87 bits per heavy atom. The van der Waals surface area contributed by atoms with E-state index in [1.165, 1.54) is 0 Å². The van der Waals surface area contributed by atoms with E-state index < -0.39 is 0 Å². The third-order valence-corrected chi connectivity index (χ3v) is 3.98. The number of fused-ring (bicyclic) bond motifs is 1. The number of anilines is 1. The molecule has 0 radical (unpaired) electrons. The normalized spacial score (nSPS) is 11.3. The van der Waals surface area contributed by atoms with E-state index in [0.29, 0.717) is 0 Å². The van der Waals surface area contributed by atoms with Crippen LogP contribution < -0.4 is 5.32 Å². The molecule has 1 aromatic carbocycles. The van der Waals surface area contributed by atoms with Crippen LogP contribution in [0.25, 0.3) is 16.7 Å². The molecule has 6 nitrogen and oxygen atoms in total. The van der Waals surface area contributed by atoms with E-state index in [2.05, 4.69) is 39.1 Å². The second-order valence-electron chi connectivity index (χ2n) is 5.31. The highest BCUT2D eigenvalue weighted by Crippen LogP contribution is 2.21. The van der Waals surface area contributed by atoms with Crippen LogP contribution in [0.4, 0.5) is 5.82 Å². The number of aromatic nitrogens is 4. The van der Waals surface area contributed by atoms with Crippen molar-refractivity contribution >= 4 is 16.9 Å². The first-order valence-corrected chi connectivity index (χ1v) is 8.03. The zero-order valence-electron chi connectivity index (χ0n) is 13.6. The number of likely N-dealkylation sites (N-methyl/N-ethyl adjacent to an activating group) is 1. The zero-order chi connectivity index (χ0) is 16.1. The third-order valence-electron chi connectivity index (χ3n) is 3.98. The van der Waals surface area contributed by atoms with Gasteiger partial charge in [-0.2, -0.15) is 5.10 Å². The van der Waals surface area contributed by atoms with Crippen LogP contribution >= 0.6 is 0 Å². The molecule has 0 saturated carbocycles. The van der Waals surface area contributed by atoms with Gasteiger partial charge in [0.05, 0.1) is 17.3 Å². The van der Waals surface area contributed by atoms with Gasteiger partial charge >= 0.3 is 0 Å². The van der Waals surface area contributed by atoms with Crippen LogP contribution in [0.1, 0.15) is 13.8 Å². The van der Waals surface area contributed by atoms with Crippen LogP contribution in [0.5, 0.6) is 0 Å². The fourth-order valence-electron chi connectivity index (χ4n) is 2.62. The first-order chi connectivity index (χ1) is 11.3. The largest absolute Gasteiger partial charge is 0.368 e. The van der Waals surface area contributed by atoms with Gasteiger partial charge in [-0.25, -0.2) is 14.6 Å². The monoisotopic (exact) mass is 310 g/mol. The summed E-state index contributed by atoms with van der Waals surface area (Å²) in [7, 11) is 0. The van der Waals surface area contributed by atoms with E-state index in [4.69, 9.17) is 0 Å².